The molecule has 1 amide bonds. The summed E-state index contributed by atoms with van der Waals surface area (Å²) in [6, 6.07) is 9.51. The Morgan fingerprint density at radius 2 is 2.00 bits per heavy atom. The predicted octanol–water partition coefficient (Wildman–Crippen LogP) is 4.71. The fraction of sp³-hybridized carbons (Fsp3) is 0.435. The summed E-state index contributed by atoms with van der Waals surface area (Å²) in [4.78, 5) is 39.5. The third-order valence-corrected chi connectivity index (χ3v) is 7.16. The molecule has 1 aliphatic rings. The molecule has 0 saturated carbocycles. The third kappa shape index (κ3) is 6.11. The van der Waals surface area contributed by atoms with Crippen molar-refractivity contribution in [3.8, 4) is 0 Å². The SMILES string of the molecule is CCOC(=O)c1c(NC(=O)C(C)OC(=O)CSc2ccccc2)sc2c1CCC(C)C2. The Labute approximate surface area is 190 Å². The van der Waals surface area contributed by atoms with Gasteiger partial charge in [0.05, 0.1) is 17.9 Å². The van der Waals surface area contributed by atoms with Gasteiger partial charge in [0.25, 0.3) is 5.91 Å². The smallest absolute Gasteiger partial charge is 0.341 e. The summed E-state index contributed by atoms with van der Waals surface area (Å²) in [6.45, 7) is 5.73. The lowest BCUT2D eigenvalue weighted by molar-refractivity contribution is -0.150. The fourth-order valence-electron chi connectivity index (χ4n) is 3.42. The van der Waals surface area contributed by atoms with Gasteiger partial charge in [-0.25, -0.2) is 4.79 Å². The normalized spacial score (nSPS) is 16.2. The Balaban J connectivity index is 1.64. The third-order valence-electron chi connectivity index (χ3n) is 5.01. The van der Waals surface area contributed by atoms with Gasteiger partial charge in [-0.2, -0.15) is 0 Å². The summed E-state index contributed by atoms with van der Waals surface area (Å²) in [6.07, 6.45) is 1.69. The van der Waals surface area contributed by atoms with Gasteiger partial charge in [-0.1, -0.05) is 25.1 Å². The second-order valence-electron chi connectivity index (χ2n) is 7.50. The van der Waals surface area contributed by atoms with E-state index in [1.807, 2.05) is 30.3 Å². The number of carbonyl (C=O) groups is 3. The molecule has 1 aromatic carbocycles. The molecular formula is C23H27NO5S2. The highest BCUT2D eigenvalue weighted by Crippen LogP contribution is 2.40. The first kappa shape index (κ1) is 23.3. The molecule has 0 fully saturated rings. The molecule has 1 aliphatic carbocycles. The lowest BCUT2D eigenvalue weighted by Gasteiger charge is -2.18. The molecule has 0 radical (unpaired) electrons. The lowest BCUT2D eigenvalue weighted by atomic mass is 9.88. The second-order valence-corrected chi connectivity index (χ2v) is 9.65. The van der Waals surface area contributed by atoms with Gasteiger partial charge in [0.2, 0.25) is 0 Å². The minimum absolute atomic E-state index is 0.112. The molecule has 2 aromatic rings. The zero-order valence-corrected chi connectivity index (χ0v) is 19.6. The molecule has 6 nitrogen and oxygen atoms in total. The molecule has 0 aliphatic heterocycles. The van der Waals surface area contributed by atoms with Crippen LogP contribution in [0.1, 0.15) is 48.0 Å². The standard InChI is InChI=1S/C23H27NO5S2/c1-4-28-23(27)20-17-11-10-14(2)12-18(17)31-22(20)24-21(26)15(3)29-19(25)13-30-16-8-6-5-7-9-16/h5-9,14-15H,4,10-13H2,1-3H3,(H,24,26). The number of amides is 1. The number of ether oxygens (including phenoxy) is 2. The molecule has 8 heteroatoms. The highest BCUT2D eigenvalue weighted by molar-refractivity contribution is 8.00. The number of carbonyl (C=O) groups excluding carboxylic acids is 3. The number of benzene rings is 1. The first-order chi connectivity index (χ1) is 14.9. The van der Waals surface area contributed by atoms with Crippen LogP contribution in [-0.2, 0) is 31.9 Å². The number of hydrogen-bond donors (Lipinski definition) is 1. The molecule has 31 heavy (non-hydrogen) atoms. The molecule has 1 N–H and O–H groups in total. The van der Waals surface area contributed by atoms with Crippen molar-refractivity contribution in [2.75, 3.05) is 17.7 Å². The van der Waals surface area contributed by atoms with E-state index < -0.39 is 23.9 Å². The van der Waals surface area contributed by atoms with Crippen LogP contribution in [0.4, 0.5) is 5.00 Å². The van der Waals surface area contributed by atoms with Crippen LogP contribution in [-0.4, -0.2) is 36.3 Å². The maximum atomic E-state index is 12.7. The van der Waals surface area contributed by atoms with Crippen molar-refractivity contribution in [3.63, 3.8) is 0 Å². The first-order valence-corrected chi connectivity index (χ1v) is 12.2. The van der Waals surface area contributed by atoms with E-state index in [0.717, 1.165) is 34.6 Å². The largest absolute Gasteiger partial charge is 0.462 e. The molecule has 0 bridgehead atoms. The van der Waals surface area contributed by atoms with Gasteiger partial charge >= 0.3 is 11.9 Å². The van der Waals surface area contributed by atoms with Gasteiger partial charge in [-0.05, 0) is 56.7 Å². The van der Waals surface area contributed by atoms with Gasteiger partial charge in [0.1, 0.15) is 5.00 Å². The van der Waals surface area contributed by atoms with Crippen LogP contribution in [0.2, 0.25) is 0 Å². The lowest BCUT2D eigenvalue weighted by Crippen LogP contribution is -2.30. The number of esters is 2. The van der Waals surface area contributed by atoms with Gasteiger partial charge in [0.15, 0.2) is 6.10 Å². The quantitative estimate of drug-likeness (QED) is 0.453. The highest BCUT2D eigenvalue weighted by atomic mass is 32.2. The summed E-state index contributed by atoms with van der Waals surface area (Å²) in [5.41, 5.74) is 1.42. The van der Waals surface area contributed by atoms with Crippen molar-refractivity contribution in [2.45, 2.75) is 51.0 Å². The van der Waals surface area contributed by atoms with E-state index in [-0.39, 0.29) is 12.4 Å². The summed E-state index contributed by atoms with van der Waals surface area (Å²) in [5.74, 6) is -0.710. The van der Waals surface area contributed by atoms with Crippen LogP contribution in [0.3, 0.4) is 0 Å². The van der Waals surface area contributed by atoms with Crippen molar-refractivity contribution >= 4 is 45.9 Å². The number of hydrogen-bond acceptors (Lipinski definition) is 7. The zero-order valence-electron chi connectivity index (χ0n) is 17.9. The van der Waals surface area contributed by atoms with Crippen molar-refractivity contribution < 1.29 is 23.9 Å². The van der Waals surface area contributed by atoms with Crippen molar-refractivity contribution in [3.05, 3.63) is 46.3 Å². The van der Waals surface area contributed by atoms with Gasteiger partial charge in [0, 0.05) is 9.77 Å². The van der Waals surface area contributed by atoms with E-state index in [2.05, 4.69) is 12.2 Å². The van der Waals surface area contributed by atoms with Crippen molar-refractivity contribution in [1.29, 1.82) is 0 Å². The van der Waals surface area contributed by atoms with Crippen molar-refractivity contribution in [2.24, 2.45) is 5.92 Å². The number of thioether (sulfide) groups is 1. The number of rotatable bonds is 8. The average Bonchev–Trinajstić information content (AvgIpc) is 3.09. The Morgan fingerprint density at radius 1 is 1.26 bits per heavy atom. The monoisotopic (exact) mass is 461 g/mol. The maximum Gasteiger partial charge on any atom is 0.341 e. The Morgan fingerprint density at radius 3 is 2.71 bits per heavy atom. The van der Waals surface area contributed by atoms with E-state index in [1.54, 1.807) is 6.92 Å². The number of thiophene rings is 1. The Hall–Kier alpha value is -2.32. The van der Waals surface area contributed by atoms with E-state index in [4.69, 9.17) is 9.47 Å². The van der Waals surface area contributed by atoms with Gasteiger partial charge in [-0.15, -0.1) is 23.1 Å². The minimum atomic E-state index is -0.975. The van der Waals surface area contributed by atoms with Crippen LogP contribution < -0.4 is 5.32 Å². The van der Waals surface area contributed by atoms with Crippen LogP contribution in [0.15, 0.2) is 35.2 Å². The number of nitrogens with one attached hydrogen (secondary N) is 1. The van der Waals surface area contributed by atoms with Crippen LogP contribution in [0.5, 0.6) is 0 Å². The second kappa shape index (κ2) is 10.8. The summed E-state index contributed by atoms with van der Waals surface area (Å²) >= 11 is 2.77. The molecule has 166 valence electrons. The minimum Gasteiger partial charge on any atom is -0.462 e. The maximum absolute atomic E-state index is 12.7. The molecule has 0 saturated heterocycles. The molecule has 2 unspecified atom stereocenters. The molecular weight excluding hydrogens is 434 g/mol. The van der Waals surface area contributed by atoms with E-state index in [0.29, 0.717) is 16.5 Å². The molecule has 0 spiro atoms. The topological polar surface area (TPSA) is 81.7 Å². The molecule has 1 aromatic heterocycles. The molecule has 3 rings (SSSR count). The molecule has 2 atom stereocenters. The van der Waals surface area contributed by atoms with Gasteiger partial charge in [-0.3, -0.25) is 9.59 Å². The summed E-state index contributed by atoms with van der Waals surface area (Å²) in [7, 11) is 0. The summed E-state index contributed by atoms with van der Waals surface area (Å²) in [5, 5.41) is 3.27. The molecule has 1 heterocycles. The Kier molecular flexibility index (Phi) is 8.15. The van der Waals surface area contributed by atoms with Crippen LogP contribution in [0.25, 0.3) is 0 Å². The van der Waals surface area contributed by atoms with Crippen LogP contribution in [0, 0.1) is 5.92 Å². The van der Waals surface area contributed by atoms with Crippen molar-refractivity contribution in [1.82, 2.24) is 0 Å². The van der Waals surface area contributed by atoms with E-state index >= 15 is 0 Å². The first-order valence-electron chi connectivity index (χ1n) is 10.4. The number of anilines is 1. The van der Waals surface area contributed by atoms with Gasteiger partial charge < -0.3 is 14.8 Å². The predicted molar refractivity (Wildman–Crippen MR) is 123 cm³/mol. The highest BCUT2D eigenvalue weighted by Gasteiger charge is 2.30. The van der Waals surface area contributed by atoms with E-state index in [1.165, 1.54) is 30.0 Å². The zero-order chi connectivity index (χ0) is 22.4. The fourth-order valence-corrected chi connectivity index (χ4v) is 5.52. The summed E-state index contributed by atoms with van der Waals surface area (Å²) < 4.78 is 10.5. The average molecular weight is 462 g/mol. The number of fused-ring (bicyclic) bond motifs is 1. The van der Waals surface area contributed by atoms with E-state index in [9.17, 15) is 14.4 Å². The van der Waals surface area contributed by atoms with Crippen LogP contribution >= 0.6 is 23.1 Å². The Bertz CT molecular complexity index is 941.